The van der Waals surface area contributed by atoms with Gasteiger partial charge in [-0.05, 0) is 81.1 Å². The van der Waals surface area contributed by atoms with E-state index < -0.39 is 11.6 Å². The molecule has 6 aromatic carbocycles. The van der Waals surface area contributed by atoms with E-state index in [0.717, 1.165) is 49.7 Å². The standard InChI is InChI=1S/C46H37F3N4/c1-28-24-30(3)40-38(26-28)39-27-29(2)25-31(4)41(39)53(40)37-22-20-36(21-23-37)45(5,46(47,48)49)35-18-16-34(17-19-35)44-51-42(32-12-8-6-9-13-32)50-43(52-44)33-14-10-7-11-15-33/h6-27H,1-5H3. The first kappa shape index (κ1) is 34.0. The summed E-state index contributed by atoms with van der Waals surface area (Å²) in [6.45, 7) is 9.61. The molecule has 0 saturated heterocycles. The SMILES string of the molecule is Cc1cc(C)c2c(c1)c1cc(C)cc(C)c1n2-c1ccc(C(C)(c2ccc(-c3nc(-c4ccccc4)nc(-c4ccccc4)n3)cc2)C(F)(F)F)cc1. The van der Waals surface area contributed by atoms with Crippen LogP contribution < -0.4 is 0 Å². The summed E-state index contributed by atoms with van der Waals surface area (Å²) in [4.78, 5) is 14.2. The molecule has 7 heteroatoms. The third kappa shape index (κ3) is 5.86. The molecule has 1 unspecified atom stereocenters. The van der Waals surface area contributed by atoms with Crippen LogP contribution in [-0.2, 0) is 5.41 Å². The highest BCUT2D eigenvalue weighted by Gasteiger charge is 2.53. The number of aromatic nitrogens is 4. The molecule has 0 aliphatic rings. The fourth-order valence-corrected chi connectivity index (χ4v) is 7.62. The van der Waals surface area contributed by atoms with Crippen molar-refractivity contribution < 1.29 is 13.2 Å². The molecule has 8 aromatic rings. The van der Waals surface area contributed by atoms with Gasteiger partial charge in [-0.15, -0.1) is 0 Å². The number of rotatable bonds is 6. The van der Waals surface area contributed by atoms with Crippen molar-refractivity contribution >= 4 is 21.8 Å². The molecule has 0 radical (unpaired) electrons. The Morgan fingerprint density at radius 1 is 0.472 bits per heavy atom. The first-order valence-corrected chi connectivity index (χ1v) is 17.6. The van der Waals surface area contributed by atoms with E-state index in [-0.39, 0.29) is 11.1 Å². The highest BCUT2D eigenvalue weighted by Crippen LogP contribution is 2.47. The molecule has 0 bridgehead atoms. The number of hydrogen-bond acceptors (Lipinski definition) is 3. The number of hydrogen-bond donors (Lipinski definition) is 0. The lowest BCUT2D eigenvalue weighted by Crippen LogP contribution is -2.40. The lowest BCUT2D eigenvalue weighted by molar-refractivity contribution is -0.173. The van der Waals surface area contributed by atoms with Crippen molar-refractivity contribution in [1.29, 1.82) is 0 Å². The van der Waals surface area contributed by atoms with Gasteiger partial charge in [0, 0.05) is 33.2 Å². The van der Waals surface area contributed by atoms with Crippen LogP contribution in [0, 0.1) is 27.7 Å². The van der Waals surface area contributed by atoms with Gasteiger partial charge in [-0.3, -0.25) is 0 Å². The van der Waals surface area contributed by atoms with E-state index in [1.54, 1.807) is 24.3 Å². The van der Waals surface area contributed by atoms with Crippen molar-refractivity contribution in [3.8, 4) is 39.9 Å². The van der Waals surface area contributed by atoms with Crippen LogP contribution in [0.2, 0.25) is 0 Å². The van der Waals surface area contributed by atoms with Crippen LogP contribution in [0.1, 0.15) is 40.3 Å². The van der Waals surface area contributed by atoms with Crippen LogP contribution in [0.5, 0.6) is 0 Å². The first-order chi connectivity index (χ1) is 25.4. The molecule has 0 aliphatic heterocycles. The van der Waals surface area contributed by atoms with E-state index in [2.05, 4.69) is 56.5 Å². The van der Waals surface area contributed by atoms with Crippen molar-refractivity contribution in [1.82, 2.24) is 19.5 Å². The van der Waals surface area contributed by atoms with Gasteiger partial charge in [-0.25, -0.2) is 15.0 Å². The minimum Gasteiger partial charge on any atom is -0.309 e. The number of fused-ring (bicyclic) bond motifs is 3. The second-order valence-electron chi connectivity index (χ2n) is 14.1. The largest absolute Gasteiger partial charge is 0.402 e. The van der Waals surface area contributed by atoms with Crippen molar-refractivity contribution in [3.63, 3.8) is 0 Å². The summed E-state index contributed by atoms with van der Waals surface area (Å²) in [5.41, 5.74) is 7.70. The average Bonchev–Trinajstić information content (AvgIpc) is 3.49. The quantitative estimate of drug-likeness (QED) is 0.173. The third-order valence-corrected chi connectivity index (χ3v) is 10.3. The van der Waals surface area contributed by atoms with Crippen LogP contribution in [0.3, 0.4) is 0 Å². The average molecular weight is 703 g/mol. The topological polar surface area (TPSA) is 43.6 Å². The summed E-state index contributed by atoms with van der Waals surface area (Å²) >= 11 is 0. The van der Waals surface area contributed by atoms with Crippen molar-refractivity contribution in [2.24, 2.45) is 0 Å². The zero-order valence-corrected chi connectivity index (χ0v) is 30.1. The maximum Gasteiger partial charge on any atom is 0.402 e. The molecular formula is C46H37F3N4. The molecule has 0 fully saturated rings. The number of nitrogens with zero attached hydrogens (tertiary/aromatic N) is 4. The molecule has 2 aromatic heterocycles. The van der Waals surface area contributed by atoms with Gasteiger partial charge in [0.05, 0.1) is 11.0 Å². The lowest BCUT2D eigenvalue weighted by atomic mass is 9.75. The van der Waals surface area contributed by atoms with E-state index in [9.17, 15) is 0 Å². The molecule has 0 amide bonds. The van der Waals surface area contributed by atoms with Gasteiger partial charge in [-0.2, -0.15) is 13.2 Å². The maximum absolute atomic E-state index is 15.3. The Balaban J connectivity index is 1.21. The van der Waals surface area contributed by atoms with E-state index in [1.165, 1.54) is 30.2 Å². The van der Waals surface area contributed by atoms with Gasteiger partial charge in [0.2, 0.25) is 0 Å². The summed E-state index contributed by atoms with van der Waals surface area (Å²) in [5, 5.41) is 2.28. The van der Waals surface area contributed by atoms with E-state index >= 15 is 13.2 Å². The Morgan fingerprint density at radius 2 is 0.849 bits per heavy atom. The third-order valence-electron chi connectivity index (χ3n) is 10.3. The second-order valence-corrected chi connectivity index (χ2v) is 14.1. The van der Waals surface area contributed by atoms with Gasteiger partial charge in [0.1, 0.15) is 5.41 Å². The van der Waals surface area contributed by atoms with Crippen LogP contribution >= 0.6 is 0 Å². The van der Waals surface area contributed by atoms with Crippen LogP contribution in [0.4, 0.5) is 13.2 Å². The second kappa shape index (κ2) is 12.8. The molecule has 262 valence electrons. The molecule has 1 atom stereocenters. The van der Waals surface area contributed by atoms with Gasteiger partial charge in [0.15, 0.2) is 17.5 Å². The Labute approximate surface area is 306 Å². The highest BCUT2D eigenvalue weighted by atomic mass is 19.4. The fraction of sp³-hybridized carbons (Fsp3) is 0.152. The van der Waals surface area contributed by atoms with Crippen molar-refractivity contribution in [2.75, 3.05) is 0 Å². The van der Waals surface area contributed by atoms with Crippen LogP contribution in [-0.4, -0.2) is 25.7 Å². The van der Waals surface area contributed by atoms with E-state index in [1.807, 2.05) is 72.8 Å². The van der Waals surface area contributed by atoms with Crippen molar-refractivity contribution in [3.05, 3.63) is 167 Å². The first-order valence-electron chi connectivity index (χ1n) is 17.6. The van der Waals surface area contributed by atoms with Crippen LogP contribution in [0.25, 0.3) is 61.7 Å². The Bertz CT molecular complexity index is 2500. The van der Waals surface area contributed by atoms with Gasteiger partial charge in [0.25, 0.3) is 0 Å². The number of benzene rings is 6. The van der Waals surface area contributed by atoms with Gasteiger partial charge >= 0.3 is 6.18 Å². The molecule has 8 rings (SSSR count). The molecule has 53 heavy (non-hydrogen) atoms. The minimum absolute atomic E-state index is 0.122. The summed E-state index contributed by atoms with van der Waals surface area (Å²) in [7, 11) is 0. The molecule has 2 heterocycles. The summed E-state index contributed by atoms with van der Waals surface area (Å²) in [6.07, 6.45) is -4.58. The Kier molecular flexibility index (Phi) is 8.25. The van der Waals surface area contributed by atoms with Gasteiger partial charge in [-0.1, -0.05) is 120 Å². The van der Waals surface area contributed by atoms with Crippen LogP contribution in [0.15, 0.2) is 133 Å². The molecular weight excluding hydrogens is 666 g/mol. The molecule has 0 spiro atoms. The summed E-state index contributed by atoms with van der Waals surface area (Å²) < 4.78 is 48.1. The van der Waals surface area contributed by atoms with E-state index in [0.29, 0.717) is 23.0 Å². The summed E-state index contributed by atoms with van der Waals surface area (Å²) in [5.74, 6) is 1.35. The monoisotopic (exact) mass is 702 g/mol. The van der Waals surface area contributed by atoms with E-state index in [4.69, 9.17) is 15.0 Å². The molecule has 0 aliphatic carbocycles. The summed E-state index contributed by atoms with van der Waals surface area (Å²) in [6, 6.07) is 41.1. The number of aryl methyl sites for hydroxylation is 4. The molecule has 0 N–H and O–H groups in total. The fourth-order valence-electron chi connectivity index (χ4n) is 7.62. The number of alkyl halides is 3. The molecule has 4 nitrogen and oxygen atoms in total. The van der Waals surface area contributed by atoms with Crippen molar-refractivity contribution in [2.45, 2.75) is 46.2 Å². The minimum atomic E-state index is -4.58. The zero-order valence-electron chi connectivity index (χ0n) is 30.1. The Hall–Kier alpha value is -6.08. The predicted molar refractivity (Wildman–Crippen MR) is 208 cm³/mol. The number of halogens is 3. The smallest absolute Gasteiger partial charge is 0.309 e. The predicted octanol–water partition coefficient (Wildman–Crippen LogP) is 12.1. The Morgan fingerprint density at radius 3 is 1.25 bits per heavy atom. The van der Waals surface area contributed by atoms with Gasteiger partial charge < -0.3 is 4.57 Å². The lowest BCUT2D eigenvalue weighted by Gasteiger charge is -2.33. The normalized spacial score (nSPS) is 13.1. The highest BCUT2D eigenvalue weighted by molar-refractivity contribution is 6.11. The molecule has 0 saturated carbocycles. The maximum atomic E-state index is 15.3. The zero-order chi connectivity index (χ0) is 37.1.